The van der Waals surface area contributed by atoms with Crippen molar-refractivity contribution in [3.63, 3.8) is 0 Å². The summed E-state index contributed by atoms with van der Waals surface area (Å²) >= 11 is 5.87. The summed E-state index contributed by atoms with van der Waals surface area (Å²) in [5.41, 5.74) is 0.795. The number of fused-ring (bicyclic) bond motifs is 1. The molecule has 2 fully saturated rings. The molecule has 2 atom stereocenters. The van der Waals surface area contributed by atoms with Gasteiger partial charge in [-0.15, -0.1) is 0 Å². The van der Waals surface area contributed by atoms with Gasteiger partial charge in [0.1, 0.15) is 6.10 Å². The molecule has 5 rings (SSSR count). The molecule has 0 spiro atoms. The first-order chi connectivity index (χ1) is 17.9. The van der Waals surface area contributed by atoms with Gasteiger partial charge in [0.2, 0.25) is 11.9 Å². The normalized spacial score (nSPS) is 20.6. The Morgan fingerprint density at radius 2 is 2.00 bits per heavy atom. The first kappa shape index (κ1) is 25.5. The number of anilines is 2. The number of rotatable bonds is 7. The molecule has 1 aliphatic heterocycles. The number of hydrogen-bond acceptors (Lipinski definition) is 7. The molecular formula is C27H31ClFN5O3. The smallest absolute Gasteiger partial charge is 0.237 e. The molecule has 1 amide bonds. The van der Waals surface area contributed by atoms with E-state index in [9.17, 15) is 9.18 Å². The molecule has 0 unspecified atom stereocenters. The van der Waals surface area contributed by atoms with Crippen LogP contribution in [0.1, 0.15) is 38.5 Å². The number of methoxy groups -OCH3 is 1. The number of halogens is 2. The van der Waals surface area contributed by atoms with Crippen molar-refractivity contribution in [2.45, 2.75) is 56.7 Å². The molecule has 2 heterocycles. The van der Waals surface area contributed by atoms with Crippen LogP contribution >= 0.6 is 11.6 Å². The van der Waals surface area contributed by atoms with Gasteiger partial charge in [0.05, 0.1) is 29.4 Å². The van der Waals surface area contributed by atoms with Gasteiger partial charge in [-0.25, -0.2) is 14.4 Å². The standard InChI is InChI=1S/C27H31ClFN5O3/c1-34-15-18(12-22(34)26(35)31-17-7-4-3-5-8-17)37-24-11-16-14-30-27(33-21(16)13-23(24)36-2)32-20-10-6-9-19(28)25(20)29/h6,9-11,13-14,17-18,22H,3-5,7-8,12,15H2,1-2H3,(H,31,35)(H,30,32,33)/t18-,22+/m1/s1. The zero-order valence-corrected chi connectivity index (χ0v) is 21.7. The zero-order chi connectivity index (χ0) is 25.9. The van der Waals surface area contributed by atoms with Crippen LogP contribution in [-0.2, 0) is 4.79 Å². The van der Waals surface area contributed by atoms with Crippen molar-refractivity contribution >= 4 is 40.0 Å². The van der Waals surface area contributed by atoms with Crippen LogP contribution in [0.25, 0.3) is 10.9 Å². The summed E-state index contributed by atoms with van der Waals surface area (Å²) in [5.74, 6) is 0.821. The van der Waals surface area contributed by atoms with Gasteiger partial charge in [-0.3, -0.25) is 9.69 Å². The summed E-state index contributed by atoms with van der Waals surface area (Å²) in [5, 5.41) is 6.86. The second kappa shape index (κ2) is 11.1. The maximum Gasteiger partial charge on any atom is 0.237 e. The van der Waals surface area contributed by atoms with Gasteiger partial charge in [0, 0.05) is 36.7 Å². The Bertz CT molecular complexity index is 1290. The second-order valence-corrected chi connectivity index (χ2v) is 10.2. The Balaban J connectivity index is 1.29. The number of ether oxygens (including phenoxy) is 2. The average Bonchev–Trinajstić information content (AvgIpc) is 3.27. The van der Waals surface area contributed by atoms with Crippen molar-refractivity contribution in [1.82, 2.24) is 20.2 Å². The lowest BCUT2D eigenvalue weighted by atomic mass is 9.95. The van der Waals surface area contributed by atoms with Crippen LogP contribution in [0.5, 0.6) is 11.5 Å². The fourth-order valence-corrected chi connectivity index (χ4v) is 5.31. The van der Waals surface area contributed by atoms with Crippen LogP contribution in [0, 0.1) is 5.82 Å². The Morgan fingerprint density at radius 1 is 1.19 bits per heavy atom. The molecule has 0 bridgehead atoms. The van der Waals surface area contributed by atoms with E-state index in [2.05, 4.69) is 20.6 Å². The molecule has 1 saturated heterocycles. The van der Waals surface area contributed by atoms with Crippen molar-refractivity contribution < 1.29 is 18.7 Å². The van der Waals surface area contributed by atoms with Crippen LogP contribution in [0.3, 0.4) is 0 Å². The summed E-state index contributed by atoms with van der Waals surface area (Å²) < 4.78 is 26.2. The highest BCUT2D eigenvalue weighted by molar-refractivity contribution is 6.31. The minimum atomic E-state index is -0.568. The fourth-order valence-electron chi connectivity index (χ4n) is 5.14. The van der Waals surface area contributed by atoms with Crippen molar-refractivity contribution in [3.05, 3.63) is 47.4 Å². The number of aromatic nitrogens is 2. The van der Waals surface area contributed by atoms with Crippen molar-refractivity contribution in [1.29, 1.82) is 0 Å². The molecule has 10 heteroatoms. The fraction of sp³-hybridized carbons (Fsp3) is 0.444. The van der Waals surface area contributed by atoms with E-state index in [0.29, 0.717) is 30.0 Å². The highest BCUT2D eigenvalue weighted by Gasteiger charge is 2.37. The second-order valence-electron chi connectivity index (χ2n) is 9.76. The molecule has 2 aliphatic rings. The lowest BCUT2D eigenvalue weighted by Crippen LogP contribution is -2.46. The molecule has 2 aromatic carbocycles. The Hall–Kier alpha value is -3.17. The van der Waals surface area contributed by atoms with Gasteiger partial charge in [0.25, 0.3) is 0 Å². The molecule has 196 valence electrons. The number of hydrogen-bond donors (Lipinski definition) is 2. The number of nitrogens with one attached hydrogen (secondary N) is 2. The monoisotopic (exact) mass is 527 g/mol. The Kier molecular flexibility index (Phi) is 7.62. The maximum atomic E-state index is 14.3. The average molecular weight is 528 g/mol. The highest BCUT2D eigenvalue weighted by atomic mass is 35.5. The molecular weight excluding hydrogens is 497 g/mol. The third-order valence-electron chi connectivity index (χ3n) is 7.12. The minimum absolute atomic E-state index is 0.0144. The van der Waals surface area contributed by atoms with E-state index in [4.69, 9.17) is 21.1 Å². The summed E-state index contributed by atoms with van der Waals surface area (Å²) in [6.45, 7) is 0.633. The van der Waals surface area contributed by atoms with Crippen LogP contribution < -0.4 is 20.1 Å². The molecule has 1 saturated carbocycles. The van der Waals surface area contributed by atoms with Crippen molar-refractivity contribution in [3.8, 4) is 11.5 Å². The summed E-state index contributed by atoms with van der Waals surface area (Å²) in [6.07, 6.45) is 7.80. The van der Waals surface area contributed by atoms with E-state index in [1.165, 1.54) is 25.3 Å². The number of nitrogens with zero attached hydrogens (tertiary/aromatic N) is 3. The molecule has 3 aromatic rings. The topological polar surface area (TPSA) is 88.6 Å². The predicted molar refractivity (Wildman–Crippen MR) is 141 cm³/mol. The Labute approximate surface area is 220 Å². The number of carbonyl (C=O) groups excluding carboxylic acids is 1. The van der Waals surface area contributed by atoms with E-state index < -0.39 is 5.82 Å². The van der Waals surface area contributed by atoms with Gasteiger partial charge < -0.3 is 20.1 Å². The van der Waals surface area contributed by atoms with Crippen LogP contribution in [0.4, 0.5) is 16.0 Å². The molecule has 37 heavy (non-hydrogen) atoms. The summed E-state index contributed by atoms with van der Waals surface area (Å²) in [7, 11) is 3.52. The van der Waals surface area contributed by atoms with E-state index in [0.717, 1.165) is 18.2 Å². The van der Waals surface area contributed by atoms with E-state index >= 15 is 0 Å². The molecule has 1 aliphatic carbocycles. The largest absolute Gasteiger partial charge is 0.493 e. The molecule has 8 nitrogen and oxygen atoms in total. The lowest BCUT2D eigenvalue weighted by Gasteiger charge is -2.26. The third kappa shape index (κ3) is 5.72. The van der Waals surface area contributed by atoms with Gasteiger partial charge >= 0.3 is 0 Å². The highest BCUT2D eigenvalue weighted by Crippen LogP contribution is 2.35. The maximum absolute atomic E-state index is 14.3. The molecule has 0 radical (unpaired) electrons. The predicted octanol–water partition coefficient (Wildman–Crippen LogP) is 5.07. The molecule has 2 N–H and O–H groups in total. The third-order valence-corrected chi connectivity index (χ3v) is 7.41. The minimum Gasteiger partial charge on any atom is -0.493 e. The first-order valence-corrected chi connectivity index (χ1v) is 13.0. The van der Waals surface area contributed by atoms with Crippen LogP contribution in [0.2, 0.25) is 5.02 Å². The lowest BCUT2D eigenvalue weighted by molar-refractivity contribution is -0.126. The van der Waals surface area contributed by atoms with Crippen molar-refractivity contribution in [2.24, 2.45) is 0 Å². The van der Waals surface area contributed by atoms with Gasteiger partial charge in [0.15, 0.2) is 17.3 Å². The van der Waals surface area contributed by atoms with Gasteiger partial charge in [-0.1, -0.05) is 36.9 Å². The molecule has 1 aromatic heterocycles. The number of likely N-dealkylation sites (tertiary alicyclic amines) is 1. The number of benzene rings is 2. The van der Waals surface area contributed by atoms with Crippen LogP contribution in [-0.4, -0.2) is 59.7 Å². The summed E-state index contributed by atoms with van der Waals surface area (Å²) in [6, 6.07) is 8.33. The van der Waals surface area contributed by atoms with E-state index in [1.807, 2.05) is 18.0 Å². The Morgan fingerprint density at radius 3 is 2.78 bits per heavy atom. The first-order valence-electron chi connectivity index (χ1n) is 12.6. The summed E-state index contributed by atoms with van der Waals surface area (Å²) in [4.78, 5) is 23.8. The van der Waals surface area contributed by atoms with E-state index in [1.54, 1.807) is 31.5 Å². The zero-order valence-electron chi connectivity index (χ0n) is 21.0. The number of amides is 1. The van der Waals surface area contributed by atoms with Gasteiger partial charge in [-0.05, 0) is 38.1 Å². The quantitative estimate of drug-likeness (QED) is 0.443. The van der Waals surface area contributed by atoms with Crippen molar-refractivity contribution in [2.75, 3.05) is 26.0 Å². The number of likely N-dealkylation sites (N-methyl/N-ethyl adjacent to an activating group) is 1. The SMILES string of the molecule is COc1cc2nc(Nc3cccc(Cl)c3F)ncc2cc1O[C@@H]1C[C@@H](C(=O)NC2CCCCC2)N(C)C1. The van der Waals surface area contributed by atoms with Crippen LogP contribution in [0.15, 0.2) is 36.5 Å². The van der Waals surface area contributed by atoms with Gasteiger partial charge in [-0.2, -0.15) is 0 Å². The number of carbonyl (C=O) groups is 1. The van der Waals surface area contributed by atoms with E-state index in [-0.39, 0.29) is 40.8 Å².